The second kappa shape index (κ2) is 10.4. The van der Waals surface area contributed by atoms with Crippen LogP contribution in [0.3, 0.4) is 0 Å². The monoisotopic (exact) mass is 602 g/mol. The maximum Gasteiger partial charge on any atom is 0.272 e. The normalized spacial score (nSPS) is 14.8. The number of hydrogen-bond donors (Lipinski definition) is 2. The van der Waals surface area contributed by atoms with Crippen LogP contribution in [0.25, 0.3) is 22.2 Å². The molecule has 0 bridgehead atoms. The molecule has 0 fully saturated rings. The highest BCUT2D eigenvalue weighted by Gasteiger charge is 2.33. The Morgan fingerprint density at radius 2 is 1.95 bits per heavy atom. The lowest BCUT2D eigenvalue weighted by Gasteiger charge is -2.34. The molecule has 1 aliphatic rings. The van der Waals surface area contributed by atoms with Gasteiger partial charge in [0.1, 0.15) is 28.7 Å². The molecule has 202 valence electrons. The highest BCUT2D eigenvalue weighted by Crippen LogP contribution is 2.37. The van der Waals surface area contributed by atoms with Gasteiger partial charge in [-0.3, -0.25) is 14.8 Å². The van der Waals surface area contributed by atoms with Gasteiger partial charge in [-0.2, -0.15) is 0 Å². The Balaban J connectivity index is 1.40. The number of carbonyl (C=O) groups is 1. The molecule has 0 aliphatic heterocycles. The van der Waals surface area contributed by atoms with Gasteiger partial charge in [0.25, 0.3) is 5.91 Å². The molecule has 10 heteroatoms. The molecular weight excluding hydrogens is 578 g/mol. The van der Waals surface area contributed by atoms with Crippen molar-refractivity contribution in [2.75, 3.05) is 5.73 Å². The minimum atomic E-state index is -0.663. The third-order valence-corrected chi connectivity index (χ3v) is 8.14. The van der Waals surface area contributed by atoms with Crippen LogP contribution in [0.4, 0.5) is 14.6 Å². The third kappa shape index (κ3) is 4.62. The lowest BCUT2D eigenvalue weighted by Crippen LogP contribution is -2.37. The SMILES string of the molecule is Cc1cc2[nH]c(C(=O)N(Cc3ccc(-c4c(F)cccc4F)cn3)[C@@H]3CCCc4cccnc43)c(Br)c2nc1N. The zero-order chi connectivity index (χ0) is 28.0. The number of aromatic nitrogens is 4. The Labute approximate surface area is 237 Å². The Hall–Kier alpha value is -4.18. The van der Waals surface area contributed by atoms with Crippen molar-refractivity contribution < 1.29 is 13.6 Å². The summed E-state index contributed by atoms with van der Waals surface area (Å²) in [6, 6.07) is 12.6. The van der Waals surface area contributed by atoms with Crippen LogP contribution in [-0.2, 0) is 13.0 Å². The number of H-pyrrole nitrogens is 1. The van der Waals surface area contributed by atoms with Crippen LogP contribution in [0.2, 0.25) is 0 Å². The first kappa shape index (κ1) is 26.1. The fraction of sp³-hybridized carbons (Fsp3) is 0.200. The van der Waals surface area contributed by atoms with Crippen LogP contribution in [0.5, 0.6) is 0 Å². The van der Waals surface area contributed by atoms with E-state index in [-0.39, 0.29) is 24.1 Å². The molecule has 1 aromatic carbocycles. The number of fused-ring (bicyclic) bond motifs is 2. The number of carbonyl (C=O) groups excluding carboxylic acids is 1. The molecule has 4 aromatic heterocycles. The van der Waals surface area contributed by atoms with E-state index < -0.39 is 11.6 Å². The Morgan fingerprint density at radius 3 is 2.70 bits per heavy atom. The van der Waals surface area contributed by atoms with E-state index in [0.29, 0.717) is 38.3 Å². The average Bonchev–Trinajstić information content (AvgIpc) is 3.27. The van der Waals surface area contributed by atoms with Gasteiger partial charge >= 0.3 is 0 Å². The average molecular weight is 603 g/mol. The zero-order valence-electron chi connectivity index (χ0n) is 21.6. The second-order valence-electron chi connectivity index (χ2n) is 9.92. The first-order valence-corrected chi connectivity index (χ1v) is 13.7. The molecule has 0 spiro atoms. The summed E-state index contributed by atoms with van der Waals surface area (Å²) in [5, 5.41) is 0. The number of nitrogens with two attached hydrogens (primary N) is 1. The fourth-order valence-corrected chi connectivity index (χ4v) is 5.89. The summed E-state index contributed by atoms with van der Waals surface area (Å²) in [7, 11) is 0. The van der Waals surface area contributed by atoms with Gasteiger partial charge in [0.2, 0.25) is 0 Å². The van der Waals surface area contributed by atoms with Crippen molar-refractivity contribution in [3.8, 4) is 11.1 Å². The summed E-state index contributed by atoms with van der Waals surface area (Å²) in [5.41, 5.74) is 11.2. The molecule has 1 atom stereocenters. The maximum absolute atomic E-state index is 14.4. The van der Waals surface area contributed by atoms with E-state index in [9.17, 15) is 13.6 Å². The number of anilines is 1. The van der Waals surface area contributed by atoms with Gasteiger partial charge < -0.3 is 15.6 Å². The molecule has 5 aromatic rings. The summed E-state index contributed by atoms with van der Waals surface area (Å²) >= 11 is 3.57. The van der Waals surface area contributed by atoms with Crippen LogP contribution in [0, 0.1) is 18.6 Å². The van der Waals surface area contributed by atoms with Crippen molar-refractivity contribution in [3.63, 3.8) is 0 Å². The molecule has 0 radical (unpaired) electrons. The fourth-order valence-electron chi connectivity index (χ4n) is 5.32. The molecule has 1 amide bonds. The minimum absolute atomic E-state index is 0.135. The lowest BCUT2D eigenvalue weighted by atomic mass is 9.90. The Bertz CT molecular complexity index is 1730. The van der Waals surface area contributed by atoms with Gasteiger partial charge in [0, 0.05) is 18.0 Å². The number of aromatic amines is 1. The van der Waals surface area contributed by atoms with Crippen molar-refractivity contribution in [2.24, 2.45) is 0 Å². The van der Waals surface area contributed by atoms with Gasteiger partial charge in [-0.05, 0) is 83.6 Å². The molecule has 0 saturated heterocycles. The zero-order valence-corrected chi connectivity index (χ0v) is 23.2. The van der Waals surface area contributed by atoms with E-state index in [0.717, 1.165) is 36.1 Å². The Morgan fingerprint density at radius 1 is 1.15 bits per heavy atom. The van der Waals surface area contributed by atoms with Crippen molar-refractivity contribution in [2.45, 2.75) is 38.8 Å². The number of nitrogens with one attached hydrogen (secondary N) is 1. The molecule has 7 nitrogen and oxygen atoms in total. The summed E-state index contributed by atoms with van der Waals surface area (Å²) in [4.78, 5) is 32.8. The van der Waals surface area contributed by atoms with Crippen molar-refractivity contribution in [1.29, 1.82) is 0 Å². The predicted molar refractivity (Wildman–Crippen MR) is 152 cm³/mol. The molecule has 6 rings (SSSR count). The standard InChI is InChI=1S/C30H25BrF2N6O/c1-16-13-22-27(38-29(16)34)25(31)28(37-22)30(40)39(23-9-2-5-17-6-4-12-35-26(17)23)15-19-11-10-18(14-36-19)24-20(32)7-3-8-21(24)33/h3-4,6-8,10-14,23,37H,2,5,9,15H2,1H3,(H2,34,38)/t23-/m1/s1. The number of aryl methyl sites for hydroxylation is 2. The maximum atomic E-state index is 14.4. The van der Waals surface area contributed by atoms with Crippen LogP contribution in [-0.4, -0.2) is 30.7 Å². The lowest BCUT2D eigenvalue weighted by molar-refractivity contribution is 0.0623. The molecule has 0 unspecified atom stereocenters. The van der Waals surface area contributed by atoms with Crippen LogP contribution in [0.15, 0.2) is 65.4 Å². The number of hydrogen-bond acceptors (Lipinski definition) is 5. The number of halogens is 3. The van der Waals surface area contributed by atoms with Gasteiger partial charge in [-0.1, -0.05) is 18.2 Å². The number of benzene rings is 1. The number of nitrogen functional groups attached to an aromatic ring is 1. The molecule has 40 heavy (non-hydrogen) atoms. The number of pyridine rings is 3. The number of rotatable bonds is 5. The third-order valence-electron chi connectivity index (χ3n) is 7.36. The predicted octanol–water partition coefficient (Wildman–Crippen LogP) is 6.67. The van der Waals surface area contributed by atoms with Crippen molar-refractivity contribution >= 4 is 38.7 Å². The van der Waals surface area contributed by atoms with Gasteiger partial charge in [0.15, 0.2) is 0 Å². The molecule has 4 heterocycles. The van der Waals surface area contributed by atoms with Gasteiger partial charge in [-0.15, -0.1) is 0 Å². The van der Waals surface area contributed by atoms with E-state index in [1.165, 1.54) is 24.4 Å². The highest BCUT2D eigenvalue weighted by molar-refractivity contribution is 9.10. The van der Waals surface area contributed by atoms with E-state index >= 15 is 0 Å². The van der Waals surface area contributed by atoms with Gasteiger partial charge in [-0.25, -0.2) is 13.8 Å². The molecule has 3 N–H and O–H groups in total. The van der Waals surface area contributed by atoms with E-state index in [1.54, 1.807) is 23.2 Å². The summed E-state index contributed by atoms with van der Waals surface area (Å²) in [6.07, 6.45) is 5.69. The van der Waals surface area contributed by atoms with Crippen molar-refractivity contribution in [3.05, 3.63) is 105 Å². The minimum Gasteiger partial charge on any atom is -0.383 e. The highest BCUT2D eigenvalue weighted by atomic mass is 79.9. The summed E-state index contributed by atoms with van der Waals surface area (Å²) < 4.78 is 29.2. The van der Waals surface area contributed by atoms with Crippen molar-refractivity contribution in [1.82, 2.24) is 24.8 Å². The first-order chi connectivity index (χ1) is 19.3. The first-order valence-electron chi connectivity index (χ1n) is 12.9. The molecule has 0 saturated carbocycles. The van der Waals surface area contributed by atoms with Crippen LogP contribution in [0.1, 0.15) is 51.9 Å². The van der Waals surface area contributed by atoms with Gasteiger partial charge in [0.05, 0.1) is 39.5 Å². The smallest absolute Gasteiger partial charge is 0.272 e. The summed E-state index contributed by atoms with van der Waals surface area (Å²) in [6.45, 7) is 2.02. The Kier molecular flexibility index (Phi) is 6.79. The van der Waals surface area contributed by atoms with Crippen LogP contribution >= 0.6 is 15.9 Å². The van der Waals surface area contributed by atoms with E-state index in [1.807, 2.05) is 25.1 Å². The number of nitrogens with zero attached hydrogens (tertiary/aromatic N) is 4. The molecular formula is C30H25BrF2N6O. The quantitative estimate of drug-likeness (QED) is 0.234. The van der Waals surface area contributed by atoms with E-state index in [2.05, 4.69) is 35.9 Å². The van der Waals surface area contributed by atoms with E-state index in [4.69, 9.17) is 5.73 Å². The summed E-state index contributed by atoms with van der Waals surface area (Å²) in [5.74, 6) is -1.19. The topological polar surface area (TPSA) is 101 Å². The largest absolute Gasteiger partial charge is 0.383 e. The molecule has 1 aliphatic carbocycles. The van der Waals surface area contributed by atoms with Crippen LogP contribution < -0.4 is 5.73 Å². The second-order valence-corrected chi connectivity index (χ2v) is 10.7. The number of amides is 1.